The van der Waals surface area contributed by atoms with E-state index in [2.05, 4.69) is 5.32 Å². The van der Waals surface area contributed by atoms with Crippen molar-refractivity contribution in [2.24, 2.45) is 0 Å². The van der Waals surface area contributed by atoms with Crippen molar-refractivity contribution in [2.45, 2.75) is 6.92 Å². The van der Waals surface area contributed by atoms with Crippen LogP contribution in [0.3, 0.4) is 0 Å². The monoisotopic (exact) mass is 306 g/mol. The molecule has 0 unspecified atom stereocenters. The summed E-state index contributed by atoms with van der Waals surface area (Å²) >= 11 is 0. The Morgan fingerprint density at radius 2 is 1.70 bits per heavy atom. The Hall–Kier alpha value is -3.21. The molecule has 5 heteroatoms. The Kier molecular flexibility index (Phi) is 3.76. The van der Waals surface area contributed by atoms with Crippen LogP contribution in [-0.4, -0.2) is 10.8 Å². The molecule has 3 rings (SSSR count). The summed E-state index contributed by atoms with van der Waals surface area (Å²) in [5.41, 5.74) is 1.60. The Balaban J connectivity index is 2.02. The molecule has 5 nitrogen and oxygen atoms in total. The standard InChI is InChI=1S/C18H14N2O3/c1-12-6-8-14(9-7-12)18(21)19-16-11-10-13-4-2-3-5-15(13)17(16)20(22)23/h2-11H,1H3,(H,19,21). The summed E-state index contributed by atoms with van der Waals surface area (Å²) in [5, 5.41) is 15.3. The highest BCUT2D eigenvalue weighted by molar-refractivity contribution is 6.08. The van der Waals surface area contributed by atoms with Crippen molar-refractivity contribution in [2.75, 3.05) is 5.32 Å². The van der Waals surface area contributed by atoms with Crippen LogP contribution < -0.4 is 5.32 Å². The van der Waals surface area contributed by atoms with E-state index < -0.39 is 4.92 Å². The van der Waals surface area contributed by atoms with Gasteiger partial charge in [0.05, 0.1) is 10.3 Å². The van der Waals surface area contributed by atoms with Crippen LogP contribution in [0.4, 0.5) is 11.4 Å². The van der Waals surface area contributed by atoms with Gasteiger partial charge in [0.15, 0.2) is 0 Å². The number of amides is 1. The molecule has 0 atom stereocenters. The van der Waals surface area contributed by atoms with Gasteiger partial charge in [0.1, 0.15) is 5.69 Å². The number of nitrogens with one attached hydrogen (secondary N) is 1. The normalized spacial score (nSPS) is 10.5. The van der Waals surface area contributed by atoms with E-state index in [1.54, 1.807) is 42.5 Å². The molecule has 0 aromatic heterocycles. The van der Waals surface area contributed by atoms with Crippen molar-refractivity contribution in [3.05, 3.63) is 81.9 Å². The Bertz CT molecular complexity index is 902. The summed E-state index contributed by atoms with van der Waals surface area (Å²) in [5.74, 6) is -0.372. The van der Waals surface area contributed by atoms with E-state index in [9.17, 15) is 14.9 Å². The predicted octanol–water partition coefficient (Wildman–Crippen LogP) is 4.31. The predicted molar refractivity (Wildman–Crippen MR) is 89.7 cm³/mol. The van der Waals surface area contributed by atoms with Gasteiger partial charge in [0, 0.05) is 5.56 Å². The molecule has 3 aromatic carbocycles. The van der Waals surface area contributed by atoms with Gasteiger partial charge in [-0.15, -0.1) is 0 Å². The maximum Gasteiger partial charge on any atom is 0.300 e. The number of fused-ring (bicyclic) bond motifs is 1. The highest BCUT2D eigenvalue weighted by atomic mass is 16.6. The third-order valence-electron chi connectivity index (χ3n) is 3.65. The molecule has 0 fully saturated rings. The number of carbonyl (C=O) groups excluding carboxylic acids is 1. The van der Waals surface area contributed by atoms with Gasteiger partial charge in [-0.05, 0) is 36.6 Å². The van der Waals surface area contributed by atoms with Crippen LogP contribution in [0, 0.1) is 17.0 Å². The first kappa shape index (κ1) is 14.7. The maximum absolute atomic E-state index is 12.3. The largest absolute Gasteiger partial charge is 0.316 e. The van der Waals surface area contributed by atoms with Gasteiger partial charge in [0.25, 0.3) is 5.91 Å². The van der Waals surface area contributed by atoms with Crippen LogP contribution in [0.15, 0.2) is 60.7 Å². The molecule has 0 radical (unpaired) electrons. The molecule has 0 aliphatic rings. The van der Waals surface area contributed by atoms with E-state index in [0.717, 1.165) is 10.9 Å². The molecule has 3 aromatic rings. The lowest BCUT2D eigenvalue weighted by atomic mass is 10.1. The van der Waals surface area contributed by atoms with E-state index >= 15 is 0 Å². The number of nitrogens with zero attached hydrogens (tertiary/aromatic N) is 1. The molecule has 0 aliphatic heterocycles. The third-order valence-corrected chi connectivity index (χ3v) is 3.65. The molecule has 0 bridgehead atoms. The minimum Gasteiger partial charge on any atom is -0.316 e. The van der Waals surface area contributed by atoms with Crippen LogP contribution in [0.2, 0.25) is 0 Å². The van der Waals surface area contributed by atoms with E-state index in [1.807, 2.05) is 25.1 Å². The number of nitro benzene ring substituents is 1. The summed E-state index contributed by atoms with van der Waals surface area (Å²) in [6.45, 7) is 1.93. The molecule has 0 saturated carbocycles. The van der Waals surface area contributed by atoms with Crippen molar-refractivity contribution in [3.63, 3.8) is 0 Å². The topological polar surface area (TPSA) is 72.2 Å². The van der Waals surface area contributed by atoms with Gasteiger partial charge in [-0.25, -0.2) is 0 Å². The number of benzene rings is 3. The summed E-state index contributed by atoms with van der Waals surface area (Å²) in [6.07, 6.45) is 0. The minimum absolute atomic E-state index is 0.0939. The Labute approximate surface area is 132 Å². The number of rotatable bonds is 3. The van der Waals surface area contributed by atoms with Gasteiger partial charge in [-0.3, -0.25) is 14.9 Å². The molecule has 0 aliphatic carbocycles. The Morgan fingerprint density at radius 3 is 2.39 bits per heavy atom. The molecule has 0 heterocycles. The fourth-order valence-corrected chi connectivity index (χ4v) is 2.45. The van der Waals surface area contributed by atoms with E-state index in [1.165, 1.54) is 0 Å². The van der Waals surface area contributed by atoms with Crippen LogP contribution in [0.5, 0.6) is 0 Å². The van der Waals surface area contributed by atoms with Gasteiger partial charge in [-0.2, -0.15) is 0 Å². The van der Waals surface area contributed by atoms with Crippen LogP contribution in [0.1, 0.15) is 15.9 Å². The van der Waals surface area contributed by atoms with Crippen molar-refractivity contribution in [1.29, 1.82) is 0 Å². The molecule has 1 amide bonds. The fraction of sp³-hybridized carbons (Fsp3) is 0.0556. The molecule has 0 saturated heterocycles. The second kappa shape index (κ2) is 5.88. The second-order valence-electron chi connectivity index (χ2n) is 5.26. The lowest BCUT2D eigenvalue weighted by Crippen LogP contribution is -2.13. The first-order chi connectivity index (χ1) is 11.1. The lowest BCUT2D eigenvalue weighted by molar-refractivity contribution is -0.382. The molecule has 0 spiro atoms. The SMILES string of the molecule is Cc1ccc(C(=O)Nc2ccc3ccccc3c2[N+](=O)[O-])cc1. The van der Waals surface area contributed by atoms with Gasteiger partial charge in [-0.1, -0.05) is 42.0 Å². The average molecular weight is 306 g/mol. The lowest BCUT2D eigenvalue weighted by Gasteiger charge is -2.08. The zero-order valence-electron chi connectivity index (χ0n) is 12.4. The van der Waals surface area contributed by atoms with E-state index in [-0.39, 0.29) is 17.3 Å². The quantitative estimate of drug-likeness (QED) is 0.579. The Morgan fingerprint density at radius 1 is 1.00 bits per heavy atom. The second-order valence-corrected chi connectivity index (χ2v) is 5.26. The van der Waals surface area contributed by atoms with Crippen LogP contribution in [0.25, 0.3) is 10.8 Å². The highest BCUT2D eigenvalue weighted by Crippen LogP contribution is 2.33. The van der Waals surface area contributed by atoms with Crippen molar-refractivity contribution in [1.82, 2.24) is 0 Å². The highest BCUT2D eigenvalue weighted by Gasteiger charge is 2.20. The van der Waals surface area contributed by atoms with E-state index in [4.69, 9.17) is 0 Å². The fourth-order valence-electron chi connectivity index (χ4n) is 2.45. The first-order valence-electron chi connectivity index (χ1n) is 7.10. The van der Waals surface area contributed by atoms with Crippen LogP contribution in [-0.2, 0) is 0 Å². The molecule has 114 valence electrons. The third kappa shape index (κ3) is 2.89. The zero-order valence-corrected chi connectivity index (χ0v) is 12.4. The van der Waals surface area contributed by atoms with Crippen molar-refractivity contribution in [3.8, 4) is 0 Å². The van der Waals surface area contributed by atoms with E-state index in [0.29, 0.717) is 10.9 Å². The molecular weight excluding hydrogens is 292 g/mol. The smallest absolute Gasteiger partial charge is 0.300 e. The number of anilines is 1. The number of hydrogen-bond acceptors (Lipinski definition) is 3. The summed E-state index contributed by atoms with van der Waals surface area (Å²) in [7, 11) is 0. The van der Waals surface area contributed by atoms with Gasteiger partial charge in [0.2, 0.25) is 0 Å². The first-order valence-corrected chi connectivity index (χ1v) is 7.10. The summed E-state index contributed by atoms with van der Waals surface area (Å²) < 4.78 is 0. The zero-order chi connectivity index (χ0) is 16.4. The van der Waals surface area contributed by atoms with Gasteiger partial charge >= 0.3 is 5.69 Å². The summed E-state index contributed by atoms with van der Waals surface area (Å²) in [4.78, 5) is 23.3. The molecule has 1 N–H and O–H groups in total. The van der Waals surface area contributed by atoms with Crippen molar-refractivity contribution < 1.29 is 9.72 Å². The number of carbonyl (C=O) groups is 1. The van der Waals surface area contributed by atoms with Crippen molar-refractivity contribution >= 4 is 28.1 Å². The number of nitro groups is 1. The van der Waals surface area contributed by atoms with Gasteiger partial charge < -0.3 is 5.32 Å². The molecular formula is C18H14N2O3. The number of hydrogen-bond donors (Lipinski definition) is 1. The average Bonchev–Trinajstić information content (AvgIpc) is 2.54. The maximum atomic E-state index is 12.3. The molecule has 23 heavy (non-hydrogen) atoms. The summed E-state index contributed by atoms with van der Waals surface area (Å²) in [6, 6.07) is 17.4. The minimum atomic E-state index is -0.465. The van der Waals surface area contributed by atoms with Crippen LogP contribution >= 0.6 is 0 Å². The number of aryl methyl sites for hydroxylation is 1.